The predicted molar refractivity (Wildman–Crippen MR) is 110 cm³/mol. The fraction of sp³-hybridized carbons (Fsp3) is 0.111. The second-order valence-electron chi connectivity index (χ2n) is 5.46. The molecule has 0 amide bonds. The van der Waals surface area contributed by atoms with Crippen LogP contribution in [0.25, 0.3) is 0 Å². The maximum Gasteiger partial charge on any atom is 0.172 e. The molecule has 25 heavy (non-hydrogen) atoms. The van der Waals surface area contributed by atoms with Crippen LogP contribution in [0.2, 0.25) is 5.02 Å². The summed E-state index contributed by atoms with van der Waals surface area (Å²) in [6.07, 6.45) is 1.92. The molecule has 0 unspecified atom stereocenters. The molecule has 1 heterocycles. The third kappa shape index (κ3) is 5.56. The number of hydrogen-bond acceptors (Lipinski definition) is 2. The lowest BCUT2D eigenvalue weighted by Gasteiger charge is -2.09. The Labute approximate surface area is 165 Å². The molecule has 128 valence electrons. The first kappa shape index (κ1) is 17.9. The number of nitrogens with zero attached hydrogens (tertiary/aromatic N) is 2. The Morgan fingerprint density at radius 1 is 1.04 bits per heavy atom. The van der Waals surface area contributed by atoms with Crippen molar-refractivity contribution in [3.63, 3.8) is 0 Å². The first-order valence-electron chi connectivity index (χ1n) is 7.66. The summed E-state index contributed by atoms with van der Waals surface area (Å²) in [4.78, 5) is 0. The van der Waals surface area contributed by atoms with Crippen LogP contribution in [0, 0.1) is 0 Å². The number of benzene rings is 2. The number of halogens is 2. The Hall–Kier alpha value is -1.89. The molecule has 0 saturated carbocycles. The quantitative estimate of drug-likeness (QED) is 0.563. The SMILES string of the molecule is S=C(NCc1ccc(Cl)cc1)Nc1ccn(Cc2ccc(Br)cc2)n1. The largest absolute Gasteiger partial charge is 0.358 e. The number of nitrogens with one attached hydrogen (secondary N) is 2. The van der Waals surface area contributed by atoms with E-state index in [2.05, 4.69) is 43.8 Å². The number of aromatic nitrogens is 2. The van der Waals surface area contributed by atoms with E-state index in [0.29, 0.717) is 24.0 Å². The van der Waals surface area contributed by atoms with E-state index in [0.717, 1.165) is 15.1 Å². The molecule has 0 bridgehead atoms. The zero-order valence-corrected chi connectivity index (χ0v) is 16.4. The van der Waals surface area contributed by atoms with Gasteiger partial charge in [-0.15, -0.1) is 0 Å². The Balaban J connectivity index is 1.51. The van der Waals surface area contributed by atoms with Crippen LogP contribution in [0.5, 0.6) is 0 Å². The molecule has 0 atom stereocenters. The highest BCUT2D eigenvalue weighted by Gasteiger charge is 2.03. The molecule has 0 fully saturated rings. The van der Waals surface area contributed by atoms with Gasteiger partial charge < -0.3 is 10.6 Å². The summed E-state index contributed by atoms with van der Waals surface area (Å²) in [5, 5.41) is 12.0. The summed E-state index contributed by atoms with van der Waals surface area (Å²) in [5.41, 5.74) is 2.29. The van der Waals surface area contributed by atoms with E-state index in [1.54, 1.807) is 0 Å². The summed E-state index contributed by atoms with van der Waals surface area (Å²) in [5.74, 6) is 0.714. The van der Waals surface area contributed by atoms with Crippen LogP contribution in [-0.2, 0) is 13.1 Å². The first-order chi connectivity index (χ1) is 12.1. The molecule has 2 aromatic carbocycles. The van der Waals surface area contributed by atoms with Gasteiger partial charge in [-0.2, -0.15) is 5.10 Å². The van der Waals surface area contributed by atoms with E-state index in [9.17, 15) is 0 Å². The Morgan fingerprint density at radius 3 is 2.44 bits per heavy atom. The molecule has 3 rings (SSSR count). The van der Waals surface area contributed by atoms with E-state index in [1.165, 1.54) is 5.56 Å². The van der Waals surface area contributed by atoms with Gasteiger partial charge in [0.05, 0.1) is 6.54 Å². The minimum absolute atomic E-state index is 0.531. The molecule has 2 N–H and O–H groups in total. The van der Waals surface area contributed by atoms with E-state index in [1.807, 2.05) is 53.3 Å². The molecule has 1 aromatic heterocycles. The molecule has 3 aromatic rings. The zero-order chi connectivity index (χ0) is 17.6. The van der Waals surface area contributed by atoms with Crippen LogP contribution in [-0.4, -0.2) is 14.9 Å². The Kier molecular flexibility index (Phi) is 6.07. The van der Waals surface area contributed by atoms with Gasteiger partial charge in [0.15, 0.2) is 10.9 Å². The zero-order valence-electron chi connectivity index (χ0n) is 13.2. The lowest BCUT2D eigenvalue weighted by molar-refractivity contribution is 0.689. The lowest BCUT2D eigenvalue weighted by atomic mass is 10.2. The molecule has 0 radical (unpaired) electrons. The van der Waals surface area contributed by atoms with Crippen molar-refractivity contribution in [1.82, 2.24) is 15.1 Å². The maximum absolute atomic E-state index is 5.88. The monoisotopic (exact) mass is 434 g/mol. The smallest absolute Gasteiger partial charge is 0.172 e. The predicted octanol–water partition coefficient (Wildman–Crippen LogP) is 4.83. The van der Waals surface area contributed by atoms with Crippen LogP contribution in [0.4, 0.5) is 5.82 Å². The van der Waals surface area contributed by atoms with Crippen LogP contribution < -0.4 is 10.6 Å². The molecule has 0 aliphatic rings. The van der Waals surface area contributed by atoms with Crippen LogP contribution in [0.1, 0.15) is 11.1 Å². The van der Waals surface area contributed by atoms with Crippen LogP contribution in [0.15, 0.2) is 65.3 Å². The van der Waals surface area contributed by atoms with Gasteiger partial charge >= 0.3 is 0 Å². The number of hydrogen-bond donors (Lipinski definition) is 2. The van der Waals surface area contributed by atoms with E-state index in [-0.39, 0.29) is 0 Å². The molecule has 0 saturated heterocycles. The van der Waals surface area contributed by atoms with E-state index < -0.39 is 0 Å². The van der Waals surface area contributed by atoms with Gasteiger partial charge in [0.2, 0.25) is 0 Å². The first-order valence-corrected chi connectivity index (χ1v) is 9.23. The van der Waals surface area contributed by atoms with Crippen molar-refractivity contribution in [1.29, 1.82) is 0 Å². The molecule has 0 spiro atoms. The minimum Gasteiger partial charge on any atom is -0.358 e. The van der Waals surface area contributed by atoms with Crippen molar-refractivity contribution >= 4 is 50.7 Å². The fourth-order valence-electron chi connectivity index (χ4n) is 2.24. The summed E-state index contributed by atoms with van der Waals surface area (Å²) >= 11 is 14.6. The molecule has 7 heteroatoms. The molecule has 0 aliphatic heterocycles. The summed E-state index contributed by atoms with van der Waals surface area (Å²) < 4.78 is 2.93. The third-order valence-corrected chi connectivity index (χ3v) is 4.53. The van der Waals surface area contributed by atoms with Gasteiger partial charge in [0.25, 0.3) is 0 Å². The van der Waals surface area contributed by atoms with Crippen molar-refractivity contribution in [2.45, 2.75) is 13.1 Å². The highest BCUT2D eigenvalue weighted by molar-refractivity contribution is 9.10. The van der Waals surface area contributed by atoms with Crippen molar-refractivity contribution < 1.29 is 0 Å². The molecule has 0 aliphatic carbocycles. The van der Waals surface area contributed by atoms with Crippen LogP contribution in [0.3, 0.4) is 0 Å². The van der Waals surface area contributed by atoms with Gasteiger partial charge in [-0.25, -0.2) is 0 Å². The maximum atomic E-state index is 5.88. The average molecular weight is 436 g/mol. The highest BCUT2D eigenvalue weighted by Crippen LogP contribution is 2.12. The topological polar surface area (TPSA) is 41.9 Å². The average Bonchev–Trinajstić information content (AvgIpc) is 3.03. The van der Waals surface area contributed by atoms with Crippen molar-refractivity contribution in [2.75, 3.05) is 5.32 Å². The summed E-state index contributed by atoms with van der Waals surface area (Å²) in [7, 11) is 0. The van der Waals surface area contributed by atoms with E-state index >= 15 is 0 Å². The lowest BCUT2D eigenvalue weighted by Crippen LogP contribution is -2.28. The second kappa shape index (κ2) is 8.47. The van der Waals surface area contributed by atoms with Gasteiger partial charge in [-0.05, 0) is 47.6 Å². The van der Waals surface area contributed by atoms with Crippen molar-refractivity contribution in [2.24, 2.45) is 0 Å². The number of thiocarbonyl (C=S) groups is 1. The molecule has 4 nitrogen and oxygen atoms in total. The normalized spacial score (nSPS) is 10.5. The summed E-state index contributed by atoms with van der Waals surface area (Å²) in [6.45, 7) is 1.34. The van der Waals surface area contributed by atoms with Crippen molar-refractivity contribution in [3.05, 3.63) is 81.4 Å². The molecular weight excluding hydrogens is 420 g/mol. The van der Waals surface area contributed by atoms with Crippen molar-refractivity contribution in [3.8, 4) is 0 Å². The number of anilines is 1. The minimum atomic E-state index is 0.531. The highest BCUT2D eigenvalue weighted by atomic mass is 79.9. The Morgan fingerprint density at radius 2 is 1.72 bits per heavy atom. The van der Waals surface area contributed by atoms with Crippen LogP contribution >= 0.6 is 39.7 Å². The van der Waals surface area contributed by atoms with Gasteiger partial charge in [-0.1, -0.05) is 51.8 Å². The molecular formula is C18H16BrClN4S. The fourth-order valence-corrected chi connectivity index (χ4v) is 2.81. The standard InChI is InChI=1S/C18H16BrClN4S/c19-15-5-1-14(2-6-15)12-24-10-9-17(23-24)22-18(25)21-11-13-3-7-16(20)8-4-13/h1-10H,11-12H2,(H2,21,22,23,25). The Bertz CT molecular complexity index is 846. The number of rotatable bonds is 5. The van der Waals surface area contributed by atoms with Gasteiger partial charge in [0, 0.05) is 28.3 Å². The third-order valence-electron chi connectivity index (χ3n) is 3.51. The summed E-state index contributed by atoms with van der Waals surface area (Å²) in [6, 6.07) is 17.7. The van der Waals surface area contributed by atoms with Gasteiger partial charge in [0.1, 0.15) is 0 Å². The van der Waals surface area contributed by atoms with Gasteiger partial charge in [-0.3, -0.25) is 4.68 Å². The van der Waals surface area contributed by atoms with E-state index in [4.69, 9.17) is 23.8 Å². The second-order valence-corrected chi connectivity index (χ2v) is 7.22.